The van der Waals surface area contributed by atoms with E-state index in [1.54, 1.807) is 84.0 Å². The maximum absolute atomic E-state index is 12.9. The molecule has 0 aliphatic carbocycles. The van der Waals surface area contributed by atoms with Crippen LogP contribution in [0.5, 0.6) is 11.5 Å². The number of aliphatic hydroxyl groups excluding tert-OH is 1. The number of aromatic hydroxyl groups is 2. The third-order valence-corrected chi connectivity index (χ3v) is 12.3. The van der Waals surface area contributed by atoms with Gasteiger partial charge in [0.2, 0.25) is 53.7 Å². The van der Waals surface area contributed by atoms with Gasteiger partial charge in [-0.25, -0.2) is 0 Å². The van der Waals surface area contributed by atoms with Crippen molar-refractivity contribution < 1.29 is 58.5 Å². The fourth-order valence-corrected chi connectivity index (χ4v) is 7.57. The maximum Gasteiger partial charge on any atom is 0.248 e. The molecule has 22 nitrogen and oxygen atoms in total. The summed E-state index contributed by atoms with van der Waals surface area (Å²) in [4.78, 5) is 104. The predicted molar refractivity (Wildman–Crippen MR) is 309 cm³/mol. The molecule has 4 aromatic carbocycles. The monoisotopic (exact) mass is 1160 g/mol. The quantitative estimate of drug-likeness (QED) is 0.0220. The van der Waals surface area contributed by atoms with Gasteiger partial charge in [-0.1, -0.05) is 87.3 Å². The Bertz CT molecular complexity index is 2440. The van der Waals surface area contributed by atoms with Crippen LogP contribution in [0, 0.1) is 6.92 Å². The standard InChI is InChI=1S/C23H37N5O5S2.C12H15N3O4.C9H10ClNO.C8H9NO.C2H6O/c1-3-25-22(32)18(6-4-5-12-24)27-21(31)15-26-23(33)19(28-20(30)11-13-35-34-2)14-16-7-9-17(29)10-8-16;13-12(19)10(15-11(18)6-14-7-16)5-8-1-3-9(17)4-2-8;10-8-4-1-7(2-5-8)3-6-9(11)12;1-6-2-4-7(5-3-6)8(9)10;1-2-3/h7-10,18-19,29H,3-6,11-15,24H2,1-2H3,(H,25,32)(H,26,33)(H,27,31)(H,28,30);1-4,7,10,17H,5-6H2,(H2,13,19)(H,14,16)(H,15,18);1-2,4-5H,3,6H2,(H2,11,12);2-5H,1H3,(H2,9,10);3H,2H2,1H3. The second-order valence-electron chi connectivity index (χ2n) is 16.8. The smallest absolute Gasteiger partial charge is 0.248 e. The van der Waals surface area contributed by atoms with Gasteiger partial charge in [-0.2, -0.15) is 0 Å². The Hall–Kier alpha value is -7.38. The number of benzene rings is 4. The lowest BCUT2D eigenvalue weighted by Gasteiger charge is -2.20. The summed E-state index contributed by atoms with van der Waals surface area (Å²) in [6.07, 6.45) is 5.89. The van der Waals surface area contributed by atoms with Crippen molar-refractivity contribution in [2.45, 2.75) is 90.3 Å². The molecular formula is C54H77ClN10O12S2. The highest BCUT2D eigenvalue weighted by molar-refractivity contribution is 8.76. The van der Waals surface area contributed by atoms with Crippen molar-refractivity contribution in [1.29, 1.82) is 0 Å². The highest BCUT2D eigenvalue weighted by atomic mass is 35.5. The third-order valence-electron chi connectivity index (χ3n) is 10.2. The Labute approximate surface area is 474 Å². The first kappa shape index (κ1) is 71.6. The fraction of sp³-hybridized carbons (Fsp3) is 0.389. The van der Waals surface area contributed by atoms with Gasteiger partial charge in [-0.05, 0) is 124 Å². The van der Waals surface area contributed by atoms with Gasteiger partial charge in [0, 0.05) is 55.2 Å². The summed E-state index contributed by atoms with van der Waals surface area (Å²) in [5, 5.41) is 42.1. The van der Waals surface area contributed by atoms with Crippen LogP contribution in [-0.2, 0) is 57.6 Å². The van der Waals surface area contributed by atoms with Crippen LogP contribution < -0.4 is 54.8 Å². The van der Waals surface area contributed by atoms with Crippen molar-refractivity contribution in [2.24, 2.45) is 22.9 Å². The van der Waals surface area contributed by atoms with E-state index < -0.39 is 41.8 Å². The van der Waals surface area contributed by atoms with Crippen LogP contribution in [0.15, 0.2) is 97.1 Å². The Kier molecular flexibility index (Phi) is 39.5. The van der Waals surface area contributed by atoms with E-state index in [1.165, 1.54) is 24.3 Å². The molecule has 0 bridgehead atoms. The Morgan fingerprint density at radius 2 is 1.14 bits per heavy atom. The average Bonchev–Trinajstić information content (AvgIpc) is 3.41. The van der Waals surface area contributed by atoms with E-state index >= 15 is 0 Å². The number of hydrogen-bond acceptors (Lipinski definition) is 15. The number of phenols is 2. The number of unbranched alkanes of at least 4 members (excludes halogenated alkanes) is 1. The molecule has 9 amide bonds. The first-order chi connectivity index (χ1) is 37.6. The molecule has 79 heavy (non-hydrogen) atoms. The molecule has 17 N–H and O–H groups in total. The van der Waals surface area contributed by atoms with Crippen LogP contribution in [0.2, 0.25) is 5.02 Å². The minimum atomic E-state index is -0.900. The molecule has 0 radical (unpaired) electrons. The molecular weight excluding hydrogens is 1080 g/mol. The number of rotatable bonds is 28. The van der Waals surface area contributed by atoms with Crippen LogP contribution in [0.1, 0.15) is 78.6 Å². The lowest BCUT2D eigenvalue weighted by Crippen LogP contribution is -2.52. The molecule has 0 spiro atoms. The number of primary amides is 3. The number of halogens is 1. The molecule has 0 aliphatic heterocycles. The fourth-order valence-electron chi connectivity index (χ4n) is 6.26. The van der Waals surface area contributed by atoms with Crippen molar-refractivity contribution in [2.75, 3.05) is 44.8 Å². The van der Waals surface area contributed by atoms with E-state index in [2.05, 4.69) is 31.9 Å². The van der Waals surface area contributed by atoms with E-state index in [9.17, 15) is 48.3 Å². The van der Waals surface area contributed by atoms with Crippen LogP contribution in [0.4, 0.5) is 0 Å². The summed E-state index contributed by atoms with van der Waals surface area (Å²) in [6, 6.07) is 24.6. The summed E-state index contributed by atoms with van der Waals surface area (Å²) in [6.45, 7) is 6.06. The van der Waals surface area contributed by atoms with Crippen LogP contribution in [-0.4, -0.2) is 132 Å². The SMILES string of the molecule is CCNC(=O)C(CCCCN)NC(=O)CNC(=O)C(Cc1ccc(O)cc1)NC(=O)CCSSC.CCO.Cc1ccc(C(N)=O)cc1.NC(=O)C(Cc1ccc(O)cc1)NC(=O)CNC=O.NC(=O)CCc1ccc(Cl)cc1. The summed E-state index contributed by atoms with van der Waals surface area (Å²) < 4.78 is 0. The minimum Gasteiger partial charge on any atom is -0.508 e. The predicted octanol–water partition coefficient (Wildman–Crippen LogP) is 2.19. The summed E-state index contributed by atoms with van der Waals surface area (Å²) in [5.41, 5.74) is 25.0. The number of nitrogens with two attached hydrogens (primary N) is 4. The molecule has 0 aromatic heterocycles. The molecule has 0 aliphatic rings. The lowest BCUT2D eigenvalue weighted by molar-refractivity contribution is -0.131. The molecule has 434 valence electrons. The number of phenolic OH excluding ortho intramolecular Hbond substituents is 2. The first-order valence-electron chi connectivity index (χ1n) is 24.9. The van der Waals surface area contributed by atoms with Crippen molar-refractivity contribution in [3.63, 3.8) is 0 Å². The molecule has 0 saturated heterocycles. The van der Waals surface area contributed by atoms with Gasteiger partial charge in [-0.15, -0.1) is 0 Å². The molecule has 0 fully saturated rings. The van der Waals surface area contributed by atoms with E-state index in [1.807, 2.05) is 37.4 Å². The topological polar surface area (TPSA) is 391 Å². The number of aliphatic hydroxyl groups is 1. The Morgan fingerprint density at radius 1 is 0.646 bits per heavy atom. The van der Waals surface area contributed by atoms with Crippen molar-refractivity contribution in [3.05, 3.63) is 130 Å². The van der Waals surface area contributed by atoms with Gasteiger partial charge in [-0.3, -0.25) is 43.2 Å². The highest BCUT2D eigenvalue weighted by Gasteiger charge is 2.24. The average molecular weight is 1160 g/mol. The number of nitrogens with one attached hydrogen (secondary N) is 6. The Balaban J connectivity index is 0.00000114. The van der Waals surface area contributed by atoms with Crippen molar-refractivity contribution in [1.82, 2.24) is 31.9 Å². The number of likely N-dealkylation sites (N-methyl/N-ethyl adjacent to an activating group) is 1. The van der Waals surface area contributed by atoms with Crippen LogP contribution in [0.25, 0.3) is 0 Å². The third kappa shape index (κ3) is 36.4. The first-order valence-corrected chi connectivity index (χ1v) is 28.0. The number of carbonyl (C=O) groups excluding carboxylic acids is 9. The lowest BCUT2D eigenvalue weighted by atomic mass is 10.0. The number of hydrogen-bond donors (Lipinski definition) is 13. The van der Waals surface area contributed by atoms with Gasteiger partial charge in [0.15, 0.2) is 0 Å². The molecule has 3 unspecified atom stereocenters. The van der Waals surface area contributed by atoms with E-state index in [0.717, 1.165) is 28.7 Å². The normalized spacial score (nSPS) is 11.1. The molecule has 4 aromatic rings. The maximum atomic E-state index is 12.9. The summed E-state index contributed by atoms with van der Waals surface area (Å²) in [5.74, 6) is -2.60. The molecule has 0 saturated carbocycles. The summed E-state index contributed by atoms with van der Waals surface area (Å²) in [7, 11) is 3.10. The van der Waals surface area contributed by atoms with Gasteiger partial charge >= 0.3 is 0 Å². The van der Waals surface area contributed by atoms with E-state index in [-0.39, 0.29) is 74.1 Å². The molecule has 4 rings (SSSR count). The van der Waals surface area contributed by atoms with Gasteiger partial charge in [0.05, 0.1) is 13.1 Å². The number of amides is 9. The van der Waals surface area contributed by atoms with Gasteiger partial charge in [0.25, 0.3) is 0 Å². The van der Waals surface area contributed by atoms with Crippen LogP contribution in [0.3, 0.4) is 0 Å². The number of aryl methyl sites for hydroxylation is 2. The molecule has 0 heterocycles. The van der Waals surface area contributed by atoms with Crippen molar-refractivity contribution >= 4 is 86.9 Å². The minimum absolute atomic E-state index is 0.0951. The van der Waals surface area contributed by atoms with Gasteiger partial charge in [0.1, 0.15) is 29.6 Å². The second kappa shape index (κ2) is 43.6. The zero-order valence-electron chi connectivity index (χ0n) is 45.0. The zero-order chi connectivity index (χ0) is 59.5. The molecule has 25 heteroatoms. The number of carbonyl (C=O) groups is 9. The second-order valence-corrected chi connectivity index (χ2v) is 19.9. The summed E-state index contributed by atoms with van der Waals surface area (Å²) >= 11 is 5.68. The van der Waals surface area contributed by atoms with Gasteiger partial charge < -0.3 is 70.2 Å². The largest absolute Gasteiger partial charge is 0.508 e. The van der Waals surface area contributed by atoms with E-state index in [0.29, 0.717) is 61.5 Å². The zero-order valence-corrected chi connectivity index (χ0v) is 47.4. The van der Waals surface area contributed by atoms with E-state index in [4.69, 9.17) is 44.7 Å². The Morgan fingerprint density at radius 3 is 1.62 bits per heavy atom. The van der Waals surface area contributed by atoms with Crippen LogP contribution >= 0.6 is 33.2 Å². The van der Waals surface area contributed by atoms with Crippen molar-refractivity contribution in [3.8, 4) is 11.5 Å². The highest BCUT2D eigenvalue weighted by Crippen LogP contribution is 2.18. The molecule has 3 atom stereocenters.